The van der Waals surface area contributed by atoms with Crippen molar-refractivity contribution >= 4 is 29.7 Å². The Labute approximate surface area is 145 Å². The van der Waals surface area contributed by atoms with E-state index in [1.54, 1.807) is 11.4 Å². The van der Waals surface area contributed by atoms with Crippen LogP contribution >= 0.6 is 23.7 Å². The molecule has 0 aliphatic heterocycles. The summed E-state index contributed by atoms with van der Waals surface area (Å²) in [6.07, 6.45) is 0.673. The van der Waals surface area contributed by atoms with Gasteiger partial charge >= 0.3 is 0 Å². The van der Waals surface area contributed by atoms with Crippen LogP contribution in [-0.4, -0.2) is 24.0 Å². The van der Waals surface area contributed by atoms with Crippen molar-refractivity contribution in [3.63, 3.8) is 0 Å². The van der Waals surface area contributed by atoms with Gasteiger partial charge in [0.2, 0.25) is 0 Å². The van der Waals surface area contributed by atoms with Gasteiger partial charge in [-0.05, 0) is 24.2 Å². The van der Waals surface area contributed by atoms with Gasteiger partial charge in [0, 0.05) is 23.8 Å². The molecule has 0 aliphatic carbocycles. The van der Waals surface area contributed by atoms with Gasteiger partial charge in [-0.1, -0.05) is 26.0 Å². The lowest BCUT2D eigenvalue weighted by Crippen LogP contribution is -2.36. The van der Waals surface area contributed by atoms with Crippen LogP contribution in [-0.2, 0) is 11.8 Å². The van der Waals surface area contributed by atoms with Crippen LogP contribution in [0, 0.1) is 5.82 Å². The number of rotatable bonds is 6. The molecule has 0 radical (unpaired) electrons. The highest BCUT2D eigenvalue weighted by atomic mass is 35.5. The average molecular weight is 358 g/mol. The van der Waals surface area contributed by atoms with Gasteiger partial charge in [0.1, 0.15) is 11.5 Å². The van der Waals surface area contributed by atoms with Crippen molar-refractivity contribution in [3.8, 4) is 0 Å². The van der Waals surface area contributed by atoms with E-state index in [0.29, 0.717) is 25.2 Å². The van der Waals surface area contributed by atoms with Gasteiger partial charge in [0.25, 0.3) is 5.91 Å². The van der Waals surface area contributed by atoms with Crippen molar-refractivity contribution in [1.29, 1.82) is 0 Å². The number of nitrogens with one attached hydrogen (secondary N) is 1. The minimum absolute atomic E-state index is 0. The molecule has 4 nitrogen and oxygen atoms in total. The third-order valence-corrected chi connectivity index (χ3v) is 4.35. The number of thiazole rings is 1. The Morgan fingerprint density at radius 1 is 1.43 bits per heavy atom. The molecule has 1 aromatic heterocycles. The van der Waals surface area contributed by atoms with E-state index in [9.17, 15) is 9.18 Å². The number of aromatic nitrogens is 1. The Morgan fingerprint density at radius 3 is 2.83 bits per heavy atom. The van der Waals surface area contributed by atoms with Crippen molar-refractivity contribution in [3.05, 3.63) is 51.7 Å². The summed E-state index contributed by atoms with van der Waals surface area (Å²) in [7, 11) is 0. The first-order valence-electron chi connectivity index (χ1n) is 7.11. The van der Waals surface area contributed by atoms with Gasteiger partial charge in [0.15, 0.2) is 0 Å². The molecule has 0 unspecified atom stereocenters. The van der Waals surface area contributed by atoms with E-state index in [1.165, 1.54) is 23.5 Å². The number of amides is 1. The highest BCUT2D eigenvalue weighted by molar-refractivity contribution is 7.09. The highest BCUT2D eigenvalue weighted by Gasteiger charge is 2.22. The van der Waals surface area contributed by atoms with Crippen LogP contribution in [0.5, 0.6) is 0 Å². The van der Waals surface area contributed by atoms with E-state index in [0.717, 1.165) is 10.6 Å². The second-order valence-electron chi connectivity index (χ2n) is 5.74. The van der Waals surface area contributed by atoms with Crippen LogP contribution in [0.3, 0.4) is 0 Å². The molecule has 0 saturated carbocycles. The molecule has 2 aromatic rings. The molecule has 0 atom stereocenters. The highest BCUT2D eigenvalue weighted by Crippen LogP contribution is 2.23. The third-order valence-electron chi connectivity index (χ3n) is 3.44. The maximum Gasteiger partial charge on any atom is 0.270 e. The van der Waals surface area contributed by atoms with Gasteiger partial charge in [0.05, 0.1) is 5.01 Å². The maximum absolute atomic E-state index is 13.3. The fraction of sp³-hybridized carbons (Fsp3) is 0.375. The van der Waals surface area contributed by atoms with Crippen molar-refractivity contribution < 1.29 is 9.18 Å². The number of halogens is 2. The van der Waals surface area contributed by atoms with Gasteiger partial charge < -0.3 is 11.1 Å². The molecule has 0 fully saturated rings. The van der Waals surface area contributed by atoms with Gasteiger partial charge in [-0.25, -0.2) is 9.37 Å². The minimum Gasteiger partial charge on any atom is -0.350 e. The van der Waals surface area contributed by atoms with Crippen LogP contribution in [0.15, 0.2) is 29.6 Å². The number of hydrogen-bond donors (Lipinski definition) is 2. The topological polar surface area (TPSA) is 68.0 Å². The Kier molecular flexibility index (Phi) is 7.12. The molecule has 0 saturated heterocycles. The Balaban J connectivity index is 0.00000264. The van der Waals surface area contributed by atoms with Crippen LogP contribution in [0.25, 0.3) is 0 Å². The Hall–Kier alpha value is -1.50. The number of benzene rings is 1. The summed E-state index contributed by atoms with van der Waals surface area (Å²) < 4.78 is 13.3. The van der Waals surface area contributed by atoms with Crippen molar-refractivity contribution in [2.45, 2.75) is 25.7 Å². The van der Waals surface area contributed by atoms with Gasteiger partial charge in [-0.3, -0.25) is 4.79 Å². The SMILES string of the molecule is CC(C)(CNC(=O)c1csc(CCN)n1)c1cccc(F)c1.Cl. The molecule has 1 aromatic carbocycles. The lowest BCUT2D eigenvalue weighted by Gasteiger charge is -2.25. The van der Waals surface area contributed by atoms with E-state index in [4.69, 9.17) is 5.73 Å². The lowest BCUT2D eigenvalue weighted by atomic mass is 9.84. The molecule has 126 valence electrons. The van der Waals surface area contributed by atoms with Gasteiger partial charge in [-0.15, -0.1) is 23.7 Å². The zero-order valence-corrected chi connectivity index (χ0v) is 14.8. The predicted octanol–water partition coefficient (Wildman–Crippen LogP) is 2.91. The standard InChI is InChI=1S/C16H20FN3OS.ClH/c1-16(2,11-4-3-5-12(17)8-11)10-19-15(21)13-9-22-14(20-13)6-7-18;/h3-5,8-9H,6-7,10,18H2,1-2H3,(H,19,21);1H. The quantitative estimate of drug-likeness (QED) is 0.835. The smallest absolute Gasteiger partial charge is 0.270 e. The number of carbonyl (C=O) groups excluding carboxylic acids is 1. The zero-order valence-electron chi connectivity index (χ0n) is 13.1. The maximum atomic E-state index is 13.3. The monoisotopic (exact) mass is 357 g/mol. The molecule has 0 bridgehead atoms. The van der Waals surface area contributed by atoms with E-state index < -0.39 is 0 Å². The normalized spacial score (nSPS) is 11.0. The number of nitrogens with two attached hydrogens (primary N) is 1. The second-order valence-corrected chi connectivity index (χ2v) is 6.68. The molecule has 0 aliphatic rings. The van der Waals surface area contributed by atoms with E-state index in [1.807, 2.05) is 19.9 Å². The summed E-state index contributed by atoms with van der Waals surface area (Å²) in [6.45, 7) is 4.84. The molecule has 2 rings (SSSR count). The zero-order chi connectivity index (χ0) is 16.2. The Morgan fingerprint density at radius 2 is 2.17 bits per heavy atom. The van der Waals surface area contributed by atoms with Crippen LogP contribution in [0.4, 0.5) is 4.39 Å². The van der Waals surface area contributed by atoms with Crippen LogP contribution in [0.1, 0.15) is 34.9 Å². The van der Waals surface area contributed by atoms with E-state index >= 15 is 0 Å². The summed E-state index contributed by atoms with van der Waals surface area (Å²) in [5.41, 5.74) is 6.36. The molecular formula is C16H21ClFN3OS. The molecule has 1 amide bonds. The average Bonchev–Trinajstić information content (AvgIpc) is 2.94. The van der Waals surface area contributed by atoms with Crippen LogP contribution in [0.2, 0.25) is 0 Å². The van der Waals surface area contributed by atoms with Crippen molar-refractivity contribution in [2.24, 2.45) is 5.73 Å². The summed E-state index contributed by atoms with van der Waals surface area (Å²) >= 11 is 1.43. The number of carbonyl (C=O) groups is 1. The fourth-order valence-corrected chi connectivity index (χ4v) is 2.85. The van der Waals surface area contributed by atoms with Gasteiger partial charge in [-0.2, -0.15) is 0 Å². The molecule has 23 heavy (non-hydrogen) atoms. The summed E-state index contributed by atoms with van der Waals surface area (Å²) in [5, 5.41) is 5.45. The molecule has 0 spiro atoms. The largest absolute Gasteiger partial charge is 0.350 e. The van der Waals surface area contributed by atoms with E-state index in [2.05, 4.69) is 10.3 Å². The van der Waals surface area contributed by atoms with Crippen LogP contribution < -0.4 is 11.1 Å². The van der Waals surface area contributed by atoms with Crippen molar-refractivity contribution in [1.82, 2.24) is 10.3 Å². The Bertz CT molecular complexity index is 660. The molecular weight excluding hydrogens is 337 g/mol. The lowest BCUT2D eigenvalue weighted by molar-refractivity contribution is 0.0941. The first kappa shape index (κ1) is 19.5. The molecule has 7 heteroatoms. The van der Waals surface area contributed by atoms with E-state index in [-0.39, 0.29) is 29.5 Å². The minimum atomic E-state index is -0.367. The number of nitrogens with zero attached hydrogens (tertiary/aromatic N) is 1. The fourth-order valence-electron chi connectivity index (χ4n) is 2.06. The van der Waals surface area contributed by atoms with Crippen molar-refractivity contribution in [2.75, 3.05) is 13.1 Å². The third kappa shape index (κ3) is 5.27. The molecule has 3 N–H and O–H groups in total. The summed E-state index contributed by atoms with van der Waals surface area (Å²) in [4.78, 5) is 16.4. The molecule has 1 heterocycles. The summed E-state index contributed by atoms with van der Waals surface area (Å²) in [5.74, 6) is -0.494. The number of hydrogen-bond acceptors (Lipinski definition) is 4. The predicted molar refractivity (Wildman–Crippen MR) is 93.9 cm³/mol. The first-order valence-corrected chi connectivity index (χ1v) is 7.99. The second kappa shape index (κ2) is 8.38. The summed E-state index contributed by atoms with van der Waals surface area (Å²) in [6, 6.07) is 6.44. The first-order chi connectivity index (χ1) is 10.4.